The molecule has 4 aliphatic carbocycles. The Kier molecular flexibility index (Phi) is 5.40. The number of halogens is 1. The van der Waals surface area contributed by atoms with Crippen LogP contribution in [-0.2, 0) is 9.22 Å². The van der Waals surface area contributed by atoms with Crippen molar-refractivity contribution in [3.63, 3.8) is 0 Å². The van der Waals surface area contributed by atoms with Gasteiger partial charge in [-0.25, -0.2) is 0 Å². The minimum atomic E-state index is -1.72. The third-order valence-electron chi connectivity index (χ3n) is 10.0. The van der Waals surface area contributed by atoms with E-state index in [1.165, 1.54) is 25.7 Å². The molecule has 164 valence electrons. The summed E-state index contributed by atoms with van der Waals surface area (Å²) in [7, 11) is -1.72. The number of fused-ring (bicyclic) bond motifs is 5. The van der Waals surface area contributed by atoms with E-state index < -0.39 is 8.32 Å². The molecule has 1 unspecified atom stereocenters. The fourth-order valence-electron chi connectivity index (χ4n) is 7.07. The molecular formula is C25H41BrO2Si. The van der Waals surface area contributed by atoms with Gasteiger partial charge in [-0.05, 0) is 86.2 Å². The van der Waals surface area contributed by atoms with Crippen molar-refractivity contribution in [2.45, 2.75) is 109 Å². The lowest BCUT2D eigenvalue weighted by atomic mass is 9.48. The van der Waals surface area contributed by atoms with Crippen LogP contribution in [0.2, 0.25) is 18.1 Å². The maximum absolute atomic E-state index is 12.9. The molecule has 0 aromatic carbocycles. The molecule has 0 aromatic rings. The van der Waals surface area contributed by atoms with E-state index in [-0.39, 0.29) is 15.3 Å². The van der Waals surface area contributed by atoms with Gasteiger partial charge in [-0.3, -0.25) is 4.79 Å². The van der Waals surface area contributed by atoms with Crippen LogP contribution in [0.3, 0.4) is 0 Å². The average molecular weight is 482 g/mol. The van der Waals surface area contributed by atoms with Gasteiger partial charge in [0.25, 0.3) is 0 Å². The van der Waals surface area contributed by atoms with E-state index in [1.807, 2.05) is 0 Å². The van der Waals surface area contributed by atoms with E-state index in [4.69, 9.17) is 4.43 Å². The Hall–Kier alpha value is 0.0669. The molecule has 0 saturated heterocycles. The molecule has 0 aliphatic heterocycles. The first kappa shape index (κ1) is 22.3. The SMILES string of the molecule is CC(C)(C)[Si](C)(C)O[C@H]1CC[C@@]2(C)C(=CC[C@@H]3[C@@H]2CC[C@]2(C)C(=O)C(Br)C[C@@H]32)C1. The van der Waals surface area contributed by atoms with Gasteiger partial charge in [0.15, 0.2) is 14.1 Å². The summed E-state index contributed by atoms with van der Waals surface area (Å²) in [6, 6.07) is 0. The van der Waals surface area contributed by atoms with Gasteiger partial charge in [-0.1, -0.05) is 62.2 Å². The number of alkyl halides is 1. The molecule has 0 radical (unpaired) electrons. The molecule has 0 N–H and O–H groups in total. The first-order valence-electron chi connectivity index (χ1n) is 11.9. The predicted octanol–water partition coefficient (Wildman–Crippen LogP) is 7.28. The Labute approximate surface area is 187 Å². The molecule has 7 atom stereocenters. The lowest BCUT2D eigenvalue weighted by Gasteiger charge is -2.57. The molecule has 3 saturated carbocycles. The Morgan fingerprint density at radius 1 is 1.10 bits per heavy atom. The standard InChI is InChI=1S/C25H41BrO2Si/c1-23(2,3)29(6,7)28-17-10-12-24(4)16(14-17)8-9-18-19(24)11-13-25(5)20(18)15-21(26)22(25)27/h8,17-21H,9-15H2,1-7H3/t17-,18+,19-,20-,21?,24-,25-/m0/s1. The van der Waals surface area contributed by atoms with Gasteiger partial charge in [0.05, 0.1) is 4.83 Å². The predicted molar refractivity (Wildman–Crippen MR) is 127 cm³/mol. The second-order valence-corrected chi connectivity index (χ2v) is 18.4. The second kappa shape index (κ2) is 7.03. The summed E-state index contributed by atoms with van der Waals surface area (Å²) in [5.74, 6) is 2.48. The molecule has 4 heteroatoms. The Morgan fingerprint density at radius 2 is 1.76 bits per heavy atom. The highest BCUT2D eigenvalue weighted by molar-refractivity contribution is 9.10. The summed E-state index contributed by atoms with van der Waals surface area (Å²) in [6.45, 7) is 16.6. The van der Waals surface area contributed by atoms with Gasteiger partial charge in [-0.15, -0.1) is 0 Å². The van der Waals surface area contributed by atoms with Crippen LogP contribution in [0.5, 0.6) is 0 Å². The van der Waals surface area contributed by atoms with Crippen LogP contribution in [0.15, 0.2) is 11.6 Å². The van der Waals surface area contributed by atoms with Crippen molar-refractivity contribution in [1.82, 2.24) is 0 Å². The maximum atomic E-state index is 12.9. The molecule has 4 aliphatic rings. The number of rotatable bonds is 2. The second-order valence-electron chi connectivity index (χ2n) is 12.5. The summed E-state index contributed by atoms with van der Waals surface area (Å²) in [5, 5.41) is 0.273. The molecule has 0 aromatic heterocycles. The number of allylic oxidation sites excluding steroid dienone is 1. The number of carbonyl (C=O) groups excluding carboxylic acids is 1. The summed E-state index contributed by atoms with van der Waals surface area (Å²) in [6.07, 6.45) is 11.1. The van der Waals surface area contributed by atoms with Crippen molar-refractivity contribution < 1.29 is 9.22 Å². The van der Waals surface area contributed by atoms with Crippen molar-refractivity contribution >= 4 is 30.0 Å². The summed E-state index contributed by atoms with van der Waals surface area (Å²) < 4.78 is 6.83. The number of ketones is 1. The number of Topliss-reactive ketones (excluding diaryl/α,β-unsaturated/α-hetero) is 1. The van der Waals surface area contributed by atoms with Crippen molar-refractivity contribution in [2.24, 2.45) is 28.6 Å². The Balaban J connectivity index is 1.54. The van der Waals surface area contributed by atoms with Gasteiger partial charge < -0.3 is 4.43 Å². The Bertz CT molecular complexity index is 723. The first-order chi connectivity index (χ1) is 13.3. The zero-order valence-corrected chi connectivity index (χ0v) is 22.2. The van der Waals surface area contributed by atoms with E-state index in [0.717, 1.165) is 25.2 Å². The van der Waals surface area contributed by atoms with Crippen LogP contribution in [0.4, 0.5) is 0 Å². The van der Waals surface area contributed by atoms with Crippen LogP contribution >= 0.6 is 15.9 Å². The van der Waals surface area contributed by atoms with Crippen LogP contribution in [0.25, 0.3) is 0 Å². The van der Waals surface area contributed by atoms with Crippen molar-refractivity contribution in [3.8, 4) is 0 Å². The zero-order chi connectivity index (χ0) is 21.4. The minimum Gasteiger partial charge on any atom is -0.414 e. The fourth-order valence-corrected chi connectivity index (χ4v) is 9.38. The van der Waals surface area contributed by atoms with E-state index in [2.05, 4.69) is 69.7 Å². The molecule has 0 amide bonds. The van der Waals surface area contributed by atoms with Gasteiger partial charge in [0.1, 0.15) is 0 Å². The van der Waals surface area contributed by atoms with E-state index in [0.29, 0.717) is 29.1 Å². The summed E-state index contributed by atoms with van der Waals surface area (Å²) >= 11 is 3.70. The number of hydrogen-bond donors (Lipinski definition) is 0. The molecule has 4 rings (SSSR count). The van der Waals surface area contributed by atoms with Gasteiger partial charge in [-0.2, -0.15) is 0 Å². The molecular weight excluding hydrogens is 440 g/mol. The van der Waals surface area contributed by atoms with Gasteiger partial charge in [0, 0.05) is 11.5 Å². The van der Waals surface area contributed by atoms with Crippen LogP contribution in [0, 0.1) is 28.6 Å². The van der Waals surface area contributed by atoms with Crippen molar-refractivity contribution in [2.75, 3.05) is 0 Å². The number of hydrogen-bond acceptors (Lipinski definition) is 2. The highest BCUT2D eigenvalue weighted by Crippen LogP contribution is 2.64. The Morgan fingerprint density at radius 3 is 2.41 bits per heavy atom. The topological polar surface area (TPSA) is 26.3 Å². The zero-order valence-electron chi connectivity index (χ0n) is 19.6. The quantitative estimate of drug-likeness (QED) is 0.235. The van der Waals surface area contributed by atoms with Crippen LogP contribution in [-0.4, -0.2) is 25.0 Å². The third kappa shape index (κ3) is 3.38. The van der Waals surface area contributed by atoms with Crippen LogP contribution in [0.1, 0.15) is 79.6 Å². The normalized spacial score (nSPS) is 45.3. The molecule has 0 heterocycles. The fraction of sp³-hybridized carbons (Fsp3) is 0.880. The van der Waals surface area contributed by atoms with E-state index in [1.54, 1.807) is 5.57 Å². The number of carbonyl (C=O) groups is 1. The molecule has 3 fully saturated rings. The minimum absolute atomic E-state index is 0.0836. The smallest absolute Gasteiger partial charge is 0.192 e. The largest absolute Gasteiger partial charge is 0.414 e. The van der Waals surface area contributed by atoms with Crippen molar-refractivity contribution in [1.29, 1.82) is 0 Å². The third-order valence-corrected chi connectivity index (χ3v) is 15.3. The molecule has 2 nitrogen and oxygen atoms in total. The lowest BCUT2D eigenvalue weighted by Crippen LogP contribution is -2.52. The molecule has 0 bridgehead atoms. The highest BCUT2D eigenvalue weighted by Gasteiger charge is 2.60. The summed E-state index contributed by atoms with van der Waals surface area (Å²) in [4.78, 5) is 13.0. The molecule has 0 spiro atoms. The van der Waals surface area contributed by atoms with E-state index >= 15 is 0 Å². The lowest BCUT2D eigenvalue weighted by molar-refractivity contribution is -0.131. The first-order valence-corrected chi connectivity index (χ1v) is 15.7. The highest BCUT2D eigenvalue weighted by atomic mass is 79.9. The van der Waals surface area contributed by atoms with Gasteiger partial charge in [0.2, 0.25) is 0 Å². The van der Waals surface area contributed by atoms with Crippen molar-refractivity contribution in [3.05, 3.63) is 11.6 Å². The monoisotopic (exact) mass is 480 g/mol. The summed E-state index contributed by atoms with van der Waals surface area (Å²) in [5.41, 5.74) is 1.92. The van der Waals surface area contributed by atoms with Crippen LogP contribution < -0.4 is 0 Å². The van der Waals surface area contributed by atoms with Gasteiger partial charge >= 0.3 is 0 Å². The van der Waals surface area contributed by atoms with E-state index in [9.17, 15) is 4.79 Å². The average Bonchev–Trinajstić information content (AvgIpc) is 2.84. The maximum Gasteiger partial charge on any atom is 0.192 e. The molecule has 29 heavy (non-hydrogen) atoms.